The second kappa shape index (κ2) is 10.7. The van der Waals surface area contributed by atoms with Gasteiger partial charge in [0.05, 0.1) is 5.92 Å². The predicted octanol–water partition coefficient (Wildman–Crippen LogP) is 4.31. The fraction of sp³-hybridized carbons (Fsp3) is 0.444. The summed E-state index contributed by atoms with van der Waals surface area (Å²) < 4.78 is 5.57. The number of ether oxygens (including phenoxy) is 1. The first-order valence-corrected chi connectivity index (χ1v) is 12.1. The summed E-state index contributed by atoms with van der Waals surface area (Å²) in [6, 6.07) is 16.1. The van der Waals surface area contributed by atoms with Gasteiger partial charge in [0.1, 0.15) is 6.61 Å². The van der Waals surface area contributed by atoms with Crippen molar-refractivity contribution in [2.24, 2.45) is 11.8 Å². The van der Waals surface area contributed by atoms with Crippen LogP contribution in [0.5, 0.6) is 0 Å². The number of benzene rings is 2. The SMILES string of the molecule is CCC(CNC(=O)OCC1c2ccccc2-c2ccccc21)CC(=O)N[C@@H]1CCC[C@@H]1C(=O)O. The van der Waals surface area contributed by atoms with Gasteiger partial charge in [0.2, 0.25) is 5.91 Å². The standard InChI is InChI=1S/C27H32N2O5/c1-2-17(14-25(30)29-24-13-7-12-22(24)26(31)32)15-28-27(33)34-16-23-20-10-5-3-8-18(20)19-9-4-6-11-21(19)23/h3-6,8-11,17,22-24H,2,7,12-16H2,1H3,(H,28,33)(H,29,30)(H,31,32)/t17?,22-,24+/m0/s1. The molecule has 1 unspecified atom stereocenters. The lowest BCUT2D eigenvalue weighted by Gasteiger charge is -2.20. The average molecular weight is 465 g/mol. The largest absolute Gasteiger partial charge is 0.481 e. The quantitative estimate of drug-likeness (QED) is 0.513. The zero-order valence-electron chi connectivity index (χ0n) is 19.5. The van der Waals surface area contributed by atoms with Gasteiger partial charge in [-0.05, 0) is 41.0 Å². The van der Waals surface area contributed by atoms with Crippen LogP contribution in [0.25, 0.3) is 11.1 Å². The number of rotatable bonds is 9. The van der Waals surface area contributed by atoms with Gasteiger partial charge in [0.15, 0.2) is 0 Å². The normalized spacial score (nSPS) is 19.7. The number of hydrogen-bond donors (Lipinski definition) is 3. The third-order valence-electron chi connectivity index (χ3n) is 7.11. The van der Waals surface area contributed by atoms with Crippen LogP contribution in [0.3, 0.4) is 0 Å². The molecule has 2 aliphatic carbocycles. The Balaban J connectivity index is 1.26. The van der Waals surface area contributed by atoms with E-state index in [2.05, 4.69) is 34.9 Å². The lowest BCUT2D eigenvalue weighted by Crippen LogP contribution is -2.41. The Morgan fingerprint density at radius 1 is 1.03 bits per heavy atom. The molecule has 0 spiro atoms. The molecule has 34 heavy (non-hydrogen) atoms. The van der Waals surface area contributed by atoms with E-state index in [1.165, 1.54) is 11.1 Å². The highest BCUT2D eigenvalue weighted by Gasteiger charge is 2.34. The van der Waals surface area contributed by atoms with E-state index in [1.54, 1.807) is 0 Å². The minimum absolute atomic E-state index is 0.000470. The van der Waals surface area contributed by atoms with E-state index in [-0.39, 0.29) is 36.8 Å². The van der Waals surface area contributed by atoms with E-state index in [0.717, 1.165) is 17.5 Å². The molecule has 7 heteroatoms. The van der Waals surface area contributed by atoms with Gasteiger partial charge in [0.25, 0.3) is 0 Å². The monoisotopic (exact) mass is 464 g/mol. The fourth-order valence-electron chi connectivity index (χ4n) is 5.19. The number of hydrogen-bond acceptors (Lipinski definition) is 4. The first-order chi connectivity index (χ1) is 16.5. The van der Waals surface area contributed by atoms with Gasteiger partial charge in [-0.1, -0.05) is 68.3 Å². The van der Waals surface area contributed by atoms with Gasteiger partial charge in [0, 0.05) is 24.9 Å². The molecular weight excluding hydrogens is 432 g/mol. The average Bonchev–Trinajstić information content (AvgIpc) is 3.43. The van der Waals surface area contributed by atoms with Gasteiger partial charge in [-0.2, -0.15) is 0 Å². The maximum absolute atomic E-state index is 12.5. The number of fused-ring (bicyclic) bond motifs is 3. The van der Waals surface area contributed by atoms with E-state index < -0.39 is 18.0 Å². The zero-order valence-corrected chi connectivity index (χ0v) is 19.5. The minimum Gasteiger partial charge on any atom is -0.481 e. The molecule has 2 aliphatic rings. The van der Waals surface area contributed by atoms with E-state index in [0.29, 0.717) is 25.8 Å². The molecule has 0 bridgehead atoms. The van der Waals surface area contributed by atoms with Crippen LogP contribution in [0, 0.1) is 11.8 Å². The number of carbonyl (C=O) groups is 3. The Kier molecular flexibility index (Phi) is 7.50. The lowest BCUT2D eigenvalue weighted by atomic mass is 9.98. The Morgan fingerprint density at radius 2 is 1.68 bits per heavy atom. The van der Waals surface area contributed by atoms with Crippen molar-refractivity contribution in [3.05, 3.63) is 59.7 Å². The van der Waals surface area contributed by atoms with Crippen molar-refractivity contribution in [3.63, 3.8) is 0 Å². The summed E-state index contributed by atoms with van der Waals surface area (Å²) in [6.45, 7) is 2.54. The van der Waals surface area contributed by atoms with Gasteiger partial charge >= 0.3 is 12.1 Å². The number of alkyl carbamates (subject to hydrolysis) is 1. The molecule has 180 valence electrons. The van der Waals surface area contributed by atoms with Gasteiger partial charge in [-0.3, -0.25) is 9.59 Å². The van der Waals surface area contributed by atoms with Crippen LogP contribution in [0.4, 0.5) is 4.79 Å². The summed E-state index contributed by atoms with van der Waals surface area (Å²) in [6.07, 6.45) is 2.55. The van der Waals surface area contributed by atoms with Crippen molar-refractivity contribution < 1.29 is 24.2 Å². The highest BCUT2D eigenvalue weighted by Crippen LogP contribution is 2.44. The van der Waals surface area contributed by atoms with E-state index in [4.69, 9.17) is 4.74 Å². The van der Waals surface area contributed by atoms with E-state index >= 15 is 0 Å². The Morgan fingerprint density at radius 3 is 2.29 bits per heavy atom. The van der Waals surface area contributed by atoms with Crippen molar-refractivity contribution in [2.45, 2.75) is 51.0 Å². The molecule has 0 aromatic heterocycles. The zero-order chi connectivity index (χ0) is 24.1. The number of aliphatic carboxylic acids is 1. The maximum Gasteiger partial charge on any atom is 0.407 e. The summed E-state index contributed by atoms with van der Waals surface area (Å²) in [4.78, 5) is 36.2. The first kappa shape index (κ1) is 23.8. The summed E-state index contributed by atoms with van der Waals surface area (Å²) >= 11 is 0. The molecule has 1 saturated carbocycles. The predicted molar refractivity (Wildman–Crippen MR) is 128 cm³/mol. The van der Waals surface area contributed by atoms with Crippen molar-refractivity contribution in [1.29, 1.82) is 0 Å². The lowest BCUT2D eigenvalue weighted by molar-refractivity contribution is -0.142. The molecule has 2 aromatic rings. The van der Waals surface area contributed by atoms with Crippen LogP contribution < -0.4 is 10.6 Å². The van der Waals surface area contributed by atoms with Crippen LogP contribution in [0.1, 0.15) is 56.1 Å². The molecule has 1 fully saturated rings. The van der Waals surface area contributed by atoms with Gasteiger partial charge < -0.3 is 20.5 Å². The highest BCUT2D eigenvalue weighted by molar-refractivity contribution is 5.80. The number of carboxylic acid groups (broad SMARTS) is 1. The number of carbonyl (C=O) groups excluding carboxylic acids is 2. The fourth-order valence-corrected chi connectivity index (χ4v) is 5.19. The number of amides is 2. The summed E-state index contributed by atoms with van der Waals surface area (Å²) in [5.41, 5.74) is 4.67. The van der Waals surface area contributed by atoms with Crippen LogP contribution in [0.2, 0.25) is 0 Å². The number of carboxylic acids is 1. The molecule has 4 rings (SSSR count). The molecule has 7 nitrogen and oxygen atoms in total. The van der Waals surface area contributed by atoms with Crippen LogP contribution >= 0.6 is 0 Å². The summed E-state index contributed by atoms with van der Waals surface area (Å²) in [7, 11) is 0. The Hall–Kier alpha value is -3.35. The molecule has 0 radical (unpaired) electrons. The topological polar surface area (TPSA) is 105 Å². The Labute approximate surface area is 199 Å². The van der Waals surface area contributed by atoms with Crippen LogP contribution in [-0.2, 0) is 14.3 Å². The van der Waals surface area contributed by atoms with Gasteiger partial charge in [-0.25, -0.2) is 4.79 Å². The maximum atomic E-state index is 12.5. The molecule has 3 N–H and O–H groups in total. The van der Waals surface area contributed by atoms with Crippen LogP contribution in [-0.4, -0.2) is 42.3 Å². The van der Waals surface area contributed by atoms with E-state index in [1.807, 2.05) is 31.2 Å². The molecule has 0 saturated heterocycles. The van der Waals surface area contributed by atoms with Crippen molar-refractivity contribution in [2.75, 3.05) is 13.2 Å². The summed E-state index contributed by atoms with van der Waals surface area (Å²) in [5, 5.41) is 15.0. The van der Waals surface area contributed by atoms with Crippen molar-refractivity contribution >= 4 is 18.0 Å². The molecule has 3 atom stereocenters. The highest BCUT2D eigenvalue weighted by atomic mass is 16.5. The number of nitrogens with one attached hydrogen (secondary N) is 2. The second-order valence-corrected chi connectivity index (χ2v) is 9.23. The molecular formula is C27H32N2O5. The Bertz CT molecular complexity index is 1010. The molecule has 2 amide bonds. The van der Waals surface area contributed by atoms with Crippen molar-refractivity contribution in [1.82, 2.24) is 10.6 Å². The van der Waals surface area contributed by atoms with Crippen LogP contribution in [0.15, 0.2) is 48.5 Å². The van der Waals surface area contributed by atoms with Crippen molar-refractivity contribution in [3.8, 4) is 11.1 Å². The minimum atomic E-state index is -0.855. The molecule has 2 aromatic carbocycles. The third-order valence-corrected chi connectivity index (χ3v) is 7.11. The second-order valence-electron chi connectivity index (χ2n) is 9.23. The molecule has 0 aliphatic heterocycles. The summed E-state index contributed by atoms with van der Waals surface area (Å²) in [5.74, 6) is -1.58. The smallest absolute Gasteiger partial charge is 0.407 e. The molecule has 0 heterocycles. The van der Waals surface area contributed by atoms with Gasteiger partial charge in [-0.15, -0.1) is 0 Å². The van der Waals surface area contributed by atoms with E-state index in [9.17, 15) is 19.5 Å². The first-order valence-electron chi connectivity index (χ1n) is 12.1. The third kappa shape index (κ3) is 5.24.